The Kier molecular flexibility index (Phi) is 4.73. The highest BCUT2D eigenvalue weighted by molar-refractivity contribution is 7.92. The predicted molar refractivity (Wildman–Crippen MR) is 63.0 cm³/mol. The number of nitrogens with one attached hydrogen (secondary N) is 1. The summed E-state index contributed by atoms with van der Waals surface area (Å²) in [4.78, 5) is 13.4. The second-order valence-corrected chi connectivity index (χ2v) is 6.52. The standard InChI is InChI=1S/C10H20N2O3S/c1-11-6-7-12(2)10(13)9-5-3-4-8-16(9,14)15/h9,11H,3-8H2,1-2H3. The van der Waals surface area contributed by atoms with Crippen LogP contribution in [0.1, 0.15) is 19.3 Å². The number of hydrogen-bond donors (Lipinski definition) is 1. The second-order valence-electron chi connectivity index (χ2n) is 4.21. The van der Waals surface area contributed by atoms with Gasteiger partial charge in [-0.1, -0.05) is 6.42 Å². The lowest BCUT2D eigenvalue weighted by Crippen LogP contribution is -2.45. The van der Waals surface area contributed by atoms with Crippen molar-refractivity contribution >= 4 is 15.7 Å². The van der Waals surface area contributed by atoms with E-state index in [2.05, 4.69) is 5.32 Å². The van der Waals surface area contributed by atoms with Crippen molar-refractivity contribution in [2.75, 3.05) is 32.9 Å². The third-order valence-electron chi connectivity index (χ3n) is 2.93. The van der Waals surface area contributed by atoms with Gasteiger partial charge in [-0.05, 0) is 19.9 Å². The molecule has 0 aromatic heterocycles. The molecule has 1 N–H and O–H groups in total. The fourth-order valence-electron chi connectivity index (χ4n) is 1.87. The minimum Gasteiger partial charge on any atom is -0.343 e. The number of hydrogen-bond acceptors (Lipinski definition) is 4. The van der Waals surface area contributed by atoms with Crippen molar-refractivity contribution in [2.24, 2.45) is 0 Å². The van der Waals surface area contributed by atoms with Crippen molar-refractivity contribution in [1.82, 2.24) is 10.2 Å². The normalized spacial score (nSPS) is 24.0. The molecule has 1 rings (SSSR count). The zero-order valence-electron chi connectivity index (χ0n) is 9.90. The Bertz CT molecular complexity index is 340. The Morgan fingerprint density at radius 1 is 1.44 bits per heavy atom. The van der Waals surface area contributed by atoms with Crippen LogP contribution in [0, 0.1) is 0 Å². The van der Waals surface area contributed by atoms with Crippen molar-refractivity contribution in [2.45, 2.75) is 24.5 Å². The van der Waals surface area contributed by atoms with E-state index in [4.69, 9.17) is 0 Å². The van der Waals surface area contributed by atoms with Crippen molar-refractivity contribution in [1.29, 1.82) is 0 Å². The number of carbonyl (C=O) groups excluding carboxylic acids is 1. The predicted octanol–water partition coefficient (Wildman–Crippen LogP) is -0.368. The number of carbonyl (C=O) groups is 1. The molecule has 1 aliphatic rings. The summed E-state index contributed by atoms with van der Waals surface area (Å²) in [6, 6.07) is 0. The topological polar surface area (TPSA) is 66.5 Å². The number of likely N-dealkylation sites (N-methyl/N-ethyl adjacent to an activating group) is 2. The second kappa shape index (κ2) is 5.63. The Balaban J connectivity index is 2.65. The number of rotatable bonds is 4. The molecule has 0 spiro atoms. The fraction of sp³-hybridized carbons (Fsp3) is 0.900. The highest BCUT2D eigenvalue weighted by Gasteiger charge is 2.36. The number of amides is 1. The van der Waals surface area contributed by atoms with Crippen LogP contribution in [0.15, 0.2) is 0 Å². The highest BCUT2D eigenvalue weighted by Crippen LogP contribution is 2.20. The zero-order chi connectivity index (χ0) is 12.2. The van der Waals surface area contributed by atoms with E-state index in [1.165, 1.54) is 4.90 Å². The van der Waals surface area contributed by atoms with Gasteiger partial charge in [0.25, 0.3) is 0 Å². The van der Waals surface area contributed by atoms with Crippen molar-refractivity contribution < 1.29 is 13.2 Å². The van der Waals surface area contributed by atoms with Gasteiger partial charge in [-0.25, -0.2) is 8.42 Å². The molecule has 5 nitrogen and oxygen atoms in total. The summed E-state index contributed by atoms with van der Waals surface area (Å²) in [5.74, 6) is -0.0986. The van der Waals surface area contributed by atoms with E-state index in [1.54, 1.807) is 14.1 Å². The first-order chi connectivity index (χ1) is 7.49. The van der Waals surface area contributed by atoms with Crippen molar-refractivity contribution in [3.8, 4) is 0 Å². The van der Waals surface area contributed by atoms with Crippen LogP contribution < -0.4 is 5.32 Å². The molecule has 94 valence electrons. The summed E-state index contributed by atoms with van der Waals surface area (Å²) in [5, 5.41) is 2.13. The largest absolute Gasteiger partial charge is 0.343 e. The minimum absolute atomic E-state index is 0.156. The summed E-state index contributed by atoms with van der Waals surface area (Å²) < 4.78 is 23.5. The third kappa shape index (κ3) is 3.18. The van der Waals surface area contributed by atoms with Crippen LogP contribution in [-0.2, 0) is 14.6 Å². The molecular weight excluding hydrogens is 228 g/mol. The first kappa shape index (κ1) is 13.4. The number of sulfone groups is 1. The van der Waals surface area contributed by atoms with Crippen LogP contribution in [-0.4, -0.2) is 57.4 Å². The third-order valence-corrected chi connectivity index (χ3v) is 5.09. The van der Waals surface area contributed by atoms with E-state index in [0.29, 0.717) is 25.9 Å². The Labute approximate surface area is 97.1 Å². The van der Waals surface area contributed by atoms with Crippen molar-refractivity contribution in [3.05, 3.63) is 0 Å². The molecule has 0 radical (unpaired) electrons. The maximum absolute atomic E-state index is 11.9. The molecule has 0 aromatic carbocycles. The van der Waals surface area contributed by atoms with E-state index in [0.717, 1.165) is 6.42 Å². The molecular formula is C10H20N2O3S. The maximum atomic E-state index is 11.9. The van der Waals surface area contributed by atoms with Crippen LogP contribution in [0.3, 0.4) is 0 Å². The lowest BCUT2D eigenvalue weighted by molar-refractivity contribution is -0.129. The Morgan fingerprint density at radius 3 is 2.69 bits per heavy atom. The minimum atomic E-state index is -3.20. The number of nitrogens with zero attached hydrogens (tertiary/aromatic N) is 1. The SMILES string of the molecule is CNCCN(C)C(=O)C1CCCCS1(=O)=O. The van der Waals surface area contributed by atoms with Crippen LogP contribution in [0.2, 0.25) is 0 Å². The first-order valence-electron chi connectivity index (χ1n) is 5.60. The molecule has 0 aliphatic carbocycles. The van der Waals surface area contributed by atoms with Crippen molar-refractivity contribution in [3.63, 3.8) is 0 Å². The van der Waals surface area contributed by atoms with Gasteiger partial charge in [-0.2, -0.15) is 0 Å². The van der Waals surface area contributed by atoms with Gasteiger partial charge in [-0.3, -0.25) is 4.79 Å². The first-order valence-corrected chi connectivity index (χ1v) is 7.31. The van der Waals surface area contributed by atoms with E-state index >= 15 is 0 Å². The van der Waals surface area contributed by atoms with Crippen LogP contribution in [0.5, 0.6) is 0 Å². The molecule has 1 amide bonds. The average molecular weight is 248 g/mol. The van der Waals surface area contributed by atoms with Gasteiger partial charge in [0.05, 0.1) is 5.75 Å². The van der Waals surface area contributed by atoms with E-state index in [9.17, 15) is 13.2 Å². The molecule has 0 bridgehead atoms. The van der Waals surface area contributed by atoms with E-state index < -0.39 is 15.1 Å². The summed E-state index contributed by atoms with van der Waals surface area (Å²) in [6.45, 7) is 1.22. The molecule has 16 heavy (non-hydrogen) atoms. The van der Waals surface area contributed by atoms with Gasteiger partial charge in [0.15, 0.2) is 9.84 Å². The molecule has 6 heteroatoms. The van der Waals surface area contributed by atoms with Crippen LogP contribution in [0.25, 0.3) is 0 Å². The summed E-state index contributed by atoms with van der Waals surface area (Å²) in [6.07, 6.45) is 1.99. The highest BCUT2D eigenvalue weighted by atomic mass is 32.2. The Morgan fingerprint density at radius 2 is 2.12 bits per heavy atom. The van der Waals surface area contributed by atoms with Gasteiger partial charge in [-0.15, -0.1) is 0 Å². The lowest BCUT2D eigenvalue weighted by Gasteiger charge is -2.26. The molecule has 0 aromatic rings. The van der Waals surface area contributed by atoms with Gasteiger partial charge in [0.1, 0.15) is 5.25 Å². The lowest BCUT2D eigenvalue weighted by atomic mass is 10.2. The fourth-order valence-corrected chi connectivity index (χ4v) is 3.77. The van der Waals surface area contributed by atoms with Gasteiger partial charge in [0.2, 0.25) is 5.91 Å². The average Bonchev–Trinajstić information content (AvgIpc) is 2.24. The Hall–Kier alpha value is -0.620. The van der Waals surface area contributed by atoms with Crippen LogP contribution >= 0.6 is 0 Å². The van der Waals surface area contributed by atoms with Crippen LogP contribution in [0.4, 0.5) is 0 Å². The monoisotopic (exact) mass is 248 g/mol. The quantitative estimate of drug-likeness (QED) is 0.737. The van der Waals surface area contributed by atoms with E-state index in [-0.39, 0.29) is 11.7 Å². The molecule has 1 atom stereocenters. The molecule has 1 saturated heterocycles. The molecule has 0 saturated carbocycles. The van der Waals surface area contributed by atoms with Gasteiger partial charge < -0.3 is 10.2 Å². The zero-order valence-corrected chi connectivity index (χ0v) is 10.7. The summed E-state index contributed by atoms with van der Waals surface area (Å²) in [7, 11) is 0.253. The smallest absolute Gasteiger partial charge is 0.240 e. The maximum Gasteiger partial charge on any atom is 0.240 e. The molecule has 1 fully saturated rings. The summed E-state index contributed by atoms with van der Waals surface area (Å²) in [5.41, 5.74) is 0. The molecule has 1 aliphatic heterocycles. The molecule has 1 heterocycles. The van der Waals surface area contributed by atoms with Gasteiger partial charge >= 0.3 is 0 Å². The van der Waals surface area contributed by atoms with E-state index in [1.807, 2.05) is 0 Å². The molecule has 1 unspecified atom stereocenters. The summed E-state index contributed by atoms with van der Waals surface area (Å²) >= 11 is 0. The van der Waals surface area contributed by atoms with Gasteiger partial charge in [0, 0.05) is 20.1 Å².